The quantitative estimate of drug-likeness (QED) is 0.852. The van der Waals surface area contributed by atoms with Crippen LogP contribution in [0.2, 0.25) is 0 Å². The molecular weight excluding hydrogens is 363 g/mol. The van der Waals surface area contributed by atoms with Crippen LogP contribution in [0.15, 0.2) is 34.9 Å². The second kappa shape index (κ2) is 8.41. The second-order valence-electron chi connectivity index (χ2n) is 7.64. The maximum absolute atomic E-state index is 13.2. The number of amides is 1. The number of carbonyl (C=O) groups excluding carboxylic acids is 1. The van der Waals surface area contributed by atoms with Gasteiger partial charge in [-0.2, -0.15) is 0 Å². The third-order valence-electron chi connectivity index (χ3n) is 5.64. The Kier molecular flexibility index (Phi) is 5.73. The summed E-state index contributed by atoms with van der Waals surface area (Å²) in [5, 5.41) is 7.28. The van der Waals surface area contributed by atoms with Crippen LogP contribution in [0.4, 0.5) is 4.39 Å². The van der Waals surface area contributed by atoms with Crippen molar-refractivity contribution in [1.82, 2.24) is 10.5 Å². The van der Waals surface area contributed by atoms with Crippen LogP contribution in [-0.2, 0) is 20.7 Å². The van der Waals surface area contributed by atoms with Crippen molar-refractivity contribution in [1.29, 1.82) is 0 Å². The lowest BCUT2D eigenvalue weighted by Gasteiger charge is -2.37. The molecule has 3 heterocycles. The minimum absolute atomic E-state index is 0.0334. The van der Waals surface area contributed by atoms with Gasteiger partial charge >= 0.3 is 0 Å². The average molecular weight is 388 g/mol. The predicted octanol–water partition coefficient (Wildman–Crippen LogP) is 3.12. The van der Waals surface area contributed by atoms with Gasteiger partial charge in [-0.15, -0.1) is 0 Å². The zero-order valence-electron chi connectivity index (χ0n) is 15.8. The number of rotatable bonds is 5. The van der Waals surface area contributed by atoms with E-state index in [4.69, 9.17) is 14.0 Å². The topological polar surface area (TPSA) is 73.6 Å². The van der Waals surface area contributed by atoms with E-state index < -0.39 is 5.41 Å². The summed E-state index contributed by atoms with van der Waals surface area (Å²) in [7, 11) is 0. The van der Waals surface area contributed by atoms with Crippen LogP contribution in [0, 0.1) is 11.2 Å². The standard InChI is InChI=1S/C21H25FN2O4/c22-16-5-3-15(4-6-16)19-12-18(28-24-19)13-21(7-10-26-11-8-21)20(25)23-17-2-1-9-27-14-17/h3-6,12,17H,1-2,7-11,13-14H2,(H,23,25). The van der Waals surface area contributed by atoms with Crippen molar-refractivity contribution in [2.24, 2.45) is 5.41 Å². The molecule has 150 valence electrons. The fourth-order valence-corrected chi connectivity index (χ4v) is 3.93. The van der Waals surface area contributed by atoms with Gasteiger partial charge < -0.3 is 19.3 Å². The number of hydrogen-bond donors (Lipinski definition) is 1. The van der Waals surface area contributed by atoms with Crippen molar-refractivity contribution in [3.05, 3.63) is 41.9 Å². The van der Waals surface area contributed by atoms with Crippen molar-refractivity contribution >= 4 is 5.91 Å². The van der Waals surface area contributed by atoms with Gasteiger partial charge in [-0.1, -0.05) is 5.16 Å². The van der Waals surface area contributed by atoms with Crippen molar-refractivity contribution in [3.8, 4) is 11.3 Å². The first-order valence-electron chi connectivity index (χ1n) is 9.83. The Morgan fingerprint density at radius 2 is 1.96 bits per heavy atom. The van der Waals surface area contributed by atoms with E-state index in [0.717, 1.165) is 25.0 Å². The van der Waals surface area contributed by atoms with E-state index in [1.165, 1.54) is 12.1 Å². The maximum atomic E-state index is 13.2. The van der Waals surface area contributed by atoms with Crippen LogP contribution in [-0.4, -0.2) is 43.5 Å². The molecule has 1 unspecified atom stereocenters. The highest BCUT2D eigenvalue weighted by Crippen LogP contribution is 2.36. The summed E-state index contributed by atoms with van der Waals surface area (Å²) >= 11 is 0. The summed E-state index contributed by atoms with van der Waals surface area (Å²) in [5.74, 6) is 0.388. The second-order valence-corrected chi connectivity index (χ2v) is 7.64. The molecule has 6 nitrogen and oxygen atoms in total. The van der Waals surface area contributed by atoms with Gasteiger partial charge in [0.25, 0.3) is 0 Å². The highest BCUT2D eigenvalue weighted by atomic mass is 19.1. The number of ether oxygens (including phenoxy) is 2. The van der Waals surface area contributed by atoms with Crippen molar-refractivity contribution in [2.45, 2.75) is 38.1 Å². The number of halogens is 1. The highest BCUT2D eigenvalue weighted by Gasteiger charge is 2.42. The molecule has 2 saturated heterocycles. The summed E-state index contributed by atoms with van der Waals surface area (Å²) in [6, 6.07) is 8.01. The molecule has 2 aliphatic rings. The van der Waals surface area contributed by atoms with Crippen molar-refractivity contribution < 1.29 is 23.2 Å². The lowest BCUT2D eigenvalue weighted by Crippen LogP contribution is -2.51. The number of nitrogens with one attached hydrogen (secondary N) is 1. The van der Waals surface area contributed by atoms with Gasteiger partial charge in [-0.05, 0) is 49.9 Å². The van der Waals surface area contributed by atoms with E-state index >= 15 is 0 Å². The SMILES string of the molecule is O=C(NC1CCCOC1)C1(Cc2cc(-c3ccc(F)cc3)no2)CCOCC1. The molecule has 1 amide bonds. The minimum atomic E-state index is -0.574. The molecule has 2 fully saturated rings. The van der Waals surface area contributed by atoms with E-state index in [0.29, 0.717) is 50.5 Å². The van der Waals surface area contributed by atoms with Gasteiger partial charge in [0.15, 0.2) is 0 Å². The van der Waals surface area contributed by atoms with E-state index in [9.17, 15) is 9.18 Å². The molecule has 28 heavy (non-hydrogen) atoms. The predicted molar refractivity (Wildman–Crippen MR) is 100 cm³/mol. The zero-order valence-corrected chi connectivity index (χ0v) is 15.8. The summed E-state index contributed by atoms with van der Waals surface area (Å²) in [6.45, 7) is 2.42. The monoisotopic (exact) mass is 388 g/mol. The van der Waals surface area contributed by atoms with Crippen LogP contribution in [0.5, 0.6) is 0 Å². The first-order chi connectivity index (χ1) is 13.6. The minimum Gasteiger partial charge on any atom is -0.381 e. The Bertz CT molecular complexity index is 793. The Morgan fingerprint density at radius 3 is 2.68 bits per heavy atom. The Labute approximate surface area is 163 Å². The van der Waals surface area contributed by atoms with Gasteiger partial charge in [-0.25, -0.2) is 4.39 Å². The molecule has 1 aromatic heterocycles. The van der Waals surface area contributed by atoms with Crippen LogP contribution < -0.4 is 5.32 Å². The number of benzene rings is 1. The van der Waals surface area contributed by atoms with Gasteiger partial charge in [-0.3, -0.25) is 4.79 Å². The third kappa shape index (κ3) is 4.25. The normalized spacial score (nSPS) is 22.0. The van der Waals surface area contributed by atoms with Crippen LogP contribution >= 0.6 is 0 Å². The smallest absolute Gasteiger partial charge is 0.227 e. The molecule has 4 rings (SSSR count). The molecule has 0 spiro atoms. The number of carbonyl (C=O) groups is 1. The number of nitrogens with zero attached hydrogens (tertiary/aromatic N) is 1. The molecule has 0 saturated carbocycles. The van der Waals surface area contributed by atoms with Gasteiger partial charge in [0, 0.05) is 37.9 Å². The number of aromatic nitrogens is 1. The van der Waals surface area contributed by atoms with E-state index in [1.54, 1.807) is 12.1 Å². The molecule has 1 N–H and O–H groups in total. The highest BCUT2D eigenvalue weighted by molar-refractivity contribution is 5.83. The summed E-state index contributed by atoms with van der Waals surface area (Å²) in [4.78, 5) is 13.2. The fourth-order valence-electron chi connectivity index (χ4n) is 3.93. The summed E-state index contributed by atoms with van der Waals surface area (Å²) in [5.41, 5.74) is 0.842. The fraction of sp³-hybridized carbons (Fsp3) is 0.524. The molecule has 1 aromatic carbocycles. The van der Waals surface area contributed by atoms with Crippen LogP contribution in [0.1, 0.15) is 31.4 Å². The largest absolute Gasteiger partial charge is 0.381 e. The Balaban J connectivity index is 1.50. The molecule has 0 aliphatic carbocycles. The van der Waals surface area contributed by atoms with E-state index in [2.05, 4.69) is 10.5 Å². The lowest BCUT2D eigenvalue weighted by molar-refractivity contribution is -0.138. The van der Waals surface area contributed by atoms with E-state index in [1.807, 2.05) is 6.07 Å². The Hall–Kier alpha value is -2.25. The molecule has 0 radical (unpaired) electrons. The summed E-state index contributed by atoms with van der Waals surface area (Å²) < 4.78 is 29.7. The molecule has 2 aromatic rings. The van der Waals surface area contributed by atoms with E-state index in [-0.39, 0.29) is 17.8 Å². The van der Waals surface area contributed by atoms with Gasteiger partial charge in [0.05, 0.1) is 18.1 Å². The molecule has 1 atom stereocenters. The lowest BCUT2D eigenvalue weighted by atomic mass is 9.75. The summed E-state index contributed by atoms with van der Waals surface area (Å²) in [6.07, 6.45) is 3.64. The van der Waals surface area contributed by atoms with Crippen molar-refractivity contribution in [3.63, 3.8) is 0 Å². The molecule has 0 bridgehead atoms. The average Bonchev–Trinajstić information content (AvgIpc) is 3.18. The van der Waals surface area contributed by atoms with Crippen LogP contribution in [0.3, 0.4) is 0 Å². The van der Waals surface area contributed by atoms with Crippen LogP contribution in [0.25, 0.3) is 11.3 Å². The van der Waals surface area contributed by atoms with Gasteiger partial charge in [0.2, 0.25) is 5.91 Å². The van der Waals surface area contributed by atoms with Gasteiger partial charge in [0.1, 0.15) is 17.3 Å². The first kappa shape index (κ1) is 19.1. The van der Waals surface area contributed by atoms with Crippen molar-refractivity contribution in [2.75, 3.05) is 26.4 Å². The maximum Gasteiger partial charge on any atom is 0.227 e. The Morgan fingerprint density at radius 1 is 1.18 bits per heavy atom. The zero-order chi connectivity index (χ0) is 19.4. The third-order valence-corrected chi connectivity index (χ3v) is 5.64. The first-order valence-corrected chi connectivity index (χ1v) is 9.83. The molecule has 7 heteroatoms. The molecular formula is C21H25FN2O4. The number of hydrogen-bond acceptors (Lipinski definition) is 5. The molecule has 2 aliphatic heterocycles.